The predicted octanol–water partition coefficient (Wildman–Crippen LogP) is 3.57. The van der Waals surface area contributed by atoms with Gasteiger partial charge in [-0.1, -0.05) is 11.6 Å². The van der Waals surface area contributed by atoms with Crippen molar-refractivity contribution in [2.45, 2.75) is 40.2 Å². The van der Waals surface area contributed by atoms with Gasteiger partial charge in [-0.15, -0.1) is 0 Å². The normalized spacial score (nSPS) is 11.3. The smallest absolute Gasteiger partial charge is 0.309 e. The minimum absolute atomic E-state index is 0.000642. The third-order valence-corrected chi connectivity index (χ3v) is 3.06. The van der Waals surface area contributed by atoms with Crippen molar-refractivity contribution in [1.29, 1.82) is 0 Å². The number of halogens is 1. The van der Waals surface area contributed by atoms with E-state index >= 15 is 0 Å². The van der Waals surface area contributed by atoms with E-state index in [0.717, 1.165) is 0 Å². The molecule has 0 saturated carbocycles. The molecule has 0 aliphatic carbocycles. The summed E-state index contributed by atoms with van der Waals surface area (Å²) in [5, 5.41) is 12.0. The number of anilines is 1. The fraction of sp³-hybridized carbons (Fsp3) is 0.467. The molecule has 0 atom stereocenters. The Kier molecular flexibility index (Phi) is 5.61. The molecule has 0 fully saturated rings. The SMILES string of the molecule is CC(C)Oc1ccc(NC(=O)CC(C)(C)C(=O)O)cc1Cl. The Morgan fingerprint density at radius 1 is 1.38 bits per heavy atom. The fourth-order valence-corrected chi connectivity index (χ4v) is 1.84. The Bertz CT molecular complexity index is 540. The number of hydrogen-bond donors (Lipinski definition) is 2. The molecule has 1 rings (SSSR count). The number of amides is 1. The van der Waals surface area contributed by atoms with Crippen LogP contribution >= 0.6 is 11.6 Å². The van der Waals surface area contributed by atoms with Gasteiger partial charge in [0.1, 0.15) is 5.75 Å². The molecule has 6 heteroatoms. The number of carbonyl (C=O) groups excluding carboxylic acids is 1. The number of rotatable bonds is 6. The number of carboxylic acid groups (broad SMARTS) is 1. The summed E-state index contributed by atoms with van der Waals surface area (Å²) in [6.07, 6.45) is -0.121. The van der Waals surface area contributed by atoms with E-state index in [2.05, 4.69) is 5.32 Å². The Balaban J connectivity index is 2.74. The van der Waals surface area contributed by atoms with Crippen LogP contribution in [-0.2, 0) is 9.59 Å². The van der Waals surface area contributed by atoms with E-state index in [1.807, 2.05) is 13.8 Å². The van der Waals surface area contributed by atoms with Crippen LogP contribution < -0.4 is 10.1 Å². The summed E-state index contributed by atoms with van der Waals surface area (Å²) in [7, 11) is 0. The number of carbonyl (C=O) groups is 2. The van der Waals surface area contributed by atoms with E-state index in [-0.39, 0.29) is 18.4 Å². The van der Waals surface area contributed by atoms with Crippen LogP contribution in [-0.4, -0.2) is 23.1 Å². The maximum atomic E-state index is 11.9. The highest BCUT2D eigenvalue weighted by molar-refractivity contribution is 6.32. The first-order valence-corrected chi connectivity index (χ1v) is 6.99. The van der Waals surface area contributed by atoms with Crippen molar-refractivity contribution in [2.24, 2.45) is 5.41 Å². The summed E-state index contributed by atoms with van der Waals surface area (Å²) < 4.78 is 5.49. The van der Waals surface area contributed by atoms with Gasteiger partial charge in [-0.25, -0.2) is 0 Å². The molecule has 0 spiro atoms. The zero-order chi connectivity index (χ0) is 16.2. The molecule has 0 heterocycles. The first kappa shape index (κ1) is 17.3. The van der Waals surface area contributed by atoms with Crippen molar-refractivity contribution in [3.63, 3.8) is 0 Å². The third-order valence-electron chi connectivity index (χ3n) is 2.76. The van der Waals surface area contributed by atoms with Crippen LogP contribution in [0.15, 0.2) is 18.2 Å². The molecule has 0 radical (unpaired) electrons. The average molecular weight is 314 g/mol. The number of nitrogens with one attached hydrogen (secondary N) is 1. The van der Waals surface area contributed by atoms with Crippen LogP contribution in [0.4, 0.5) is 5.69 Å². The van der Waals surface area contributed by atoms with Gasteiger partial charge in [0.2, 0.25) is 5.91 Å². The molecule has 5 nitrogen and oxygen atoms in total. The van der Waals surface area contributed by atoms with Crippen LogP contribution in [0.5, 0.6) is 5.75 Å². The van der Waals surface area contributed by atoms with Gasteiger partial charge in [0.25, 0.3) is 0 Å². The summed E-state index contributed by atoms with van der Waals surface area (Å²) in [5.41, 5.74) is -0.614. The van der Waals surface area contributed by atoms with Crippen LogP contribution in [0.3, 0.4) is 0 Å². The second-order valence-corrected chi connectivity index (χ2v) is 6.13. The molecule has 0 bridgehead atoms. The predicted molar refractivity (Wildman–Crippen MR) is 81.9 cm³/mol. The van der Waals surface area contributed by atoms with Crippen LogP contribution in [0.25, 0.3) is 0 Å². The Morgan fingerprint density at radius 3 is 2.48 bits per heavy atom. The number of hydrogen-bond acceptors (Lipinski definition) is 3. The van der Waals surface area contributed by atoms with Crippen molar-refractivity contribution in [3.8, 4) is 5.75 Å². The minimum Gasteiger partial charge on any atom is -0.489 e. The topological polar surface area (TPSA) is 75.6 Å². The van der Waals surface area contributed by atoms with Gasteiger partial charge in [-0.2, -0.15) is 0 Å². The number of carboxylic acids is 1. The standard InChI is InChI=1S/C15H20ClNO4/c1-9(2)21-12-6-5-10(7-11(12)16)17-13(18)8-15(3,4)14(19)20/h5-7,9H,8H2,1-4H3,(H,17,18)(H,19,20). The Hall–Kier alpha value is -1.75. The molecule has 1 amide bonds. The van der Waals surface area contributed by atoms with E-state index in [1.54, 1.807) is 18.2 Å². The molecule has 0 saturated heterocycles. The highest BCUT2D eigenvalue weighted by Gasteiger charge is 2.30. The van der Waals surface area contributed by atoms with Gasteiger partial charge >= 0.3 is 5.97 Å². The molecule has 116 valence electrons. The highest BCUT2D eigenvalue weighted by Crippen LogP contribution is 2.29. The minimum atomic E-state index is -1.12. The summed E-state index contributed by atoms with van der Waals surface area (Å²) in [6.45, 7) is 6.78. The summed E-state index contributed by atoms with van der Waals surface area (Å²) in [6, 6.07) is 4.90. The van der Waals surface area contributed by atoms with E-state index in [1.165, 1.54) is 13.8 Å². The van der Waals surface area contributed by atoms with Gasteiger partial charge in [-0.3, -0.25) is 9.59 Å². The van der Waals surface area contributed by atoms with Crippen molar-refractivity contribution < 1.29 is 19.4 Å². The molecule has 0 aromatic heterocycles. The molecule has 21 heavy (non-hydrogen) atoms. The molecular weight excluding hydrogens is 294 g/mol. The van der Waals surface area contributed by atoms with Crippen molar-refractivity contribution in [2.75, 3.05) is 5.32 Å². The molecule has 0 aliphatic heterocycles. The van der Waals surface area contributed by atoms with Crippen LogP contribution in [0.2, 0.25) is 5.02 Å². The summed E-state index contributed by atoms with van der Waals surface area (Å²) in [4.78, 5) is 22.9. The summed E-state index contributed by atoms with van der Waals surface area (Å²) >= 11 is 6.07. The maximum Gasteiger partial charge on any atom is 0.309 e. The summed E-state index contributed by atoms with van der Waals surface area (Å²) in [5.74, 6) is -0.858. The number of aliphatic carboxylic acids is 1. The van der Waals surface area contributed by atoms with Gasteiger partial charge in [0, 0.05) is 12.1 Å². The first-order chi connectivity index (χ1) is 9.61. The van der Waals surface area contributed by atoms with E-state index in [4.69, 9.17) is 21.4 Å². The molecule has 0 aliphatic rings. The van der Waals surface area contributed by atoms with Gasteiger partial charge in [0.15, 0.2) is 0 Å². The van der Waals surface area contributed by atoms with E-state index in [9.17, 15) is 9.59 Å². The maximum absolute atomic E-state index is 11.9. The zero-order valence-electron chi connectivity index (χ0n) is 12.6. The van der Waals surface area contributed by atoms with E-state index < -0.39 is 11.4 Å². The van der Waals surface area contributed by atoms with Gasteiger partial charge in [-0.05, 0) is 45.9 Å². The quantitative estimate of drug-likeness (QED) is 0.842. The molecule has 1 aromatic rings. The fourth-order valence-electron chi connectivity index (χ4n) is 1.61. The van der Waals surface area contributed by atoms with Crippen LogP contribution in [0.1, 0.15) is 34.1 Å². The molecule has 1 aromatic carbocycles. The van der Waals surface area contributed by atoms with Gasteiger partial charge < -0.3 is 15.2 Å². The lowest BCUT2D eigenvalue weighted by Gasteiger charge is -2.18. The van der Waals surface area contributed by atoms with Crippen molar-refractivity contribution >= 4 is 29.2 Å². The second kappa shape index (κ2) is 6.80. The largest absolute Gasteiger partial charge is 0.489 e. The molecule has 2 N–H and O–H groups in total. The lowest BCUT2D eigenvalue weighted by Crippen LogP contribution is -2.29. The average Bonchev–Trinajstić information content (AvgIpc) is 2.31. The zero-order valence-corrected chi connectivity index (χ0v) is 13.3. The van der Waals surface area contributed by atoms with Crippen LogP contribution in [0, 0.1) is 5.41 Å². The molecule has 0 unspecified atom stereocenters. The third kappa shape index (κ3) is 5.27. The Labute approximate surface area is 129 Å². The monoisotopic (exact) mass is 313 g/mol. The highest BCUT2D eigenvalue weighted by atomic mass is 35.5. The number of ether oxygens (including phenoxy) is 1. The first-order valence-electron chi connectivity index (χ1n) is 6.61. The molecular formula is C15H20ClNO4. The second-order valence-electron chi connectivity index (χ2n) is 5.73. The lowest BCUT2D eigenvalue weighted by atomic mass is 9.89. The van der Waals surface area contributed by atoms with Crippen molar-refractivity contribution in [3.05, 3.63) is 23.2 Å². The van der Waals surface area contributed by atoms with Gasteiger partial charge in [0.05, 0.1) is 16.5 Å². The Morgan fingerprint density at radius 2 is 2.00 bits per heavy atom. The number of benzene rings is 1. The van der Waals surface area contributed by atoms with Crippen molar-refractivity contribution in [1.82, 2.24) is 0 Å². The lowest BCUT2D eigenvalue weighted by molar-refractivity contribution is -0.148. The van der Waals surface area contributed by atoms with E-state index in [0.29, 0.717) is 16.5 Å².